The summed E-state index contributed by atoms with van der Waals surface area (Å²) in [6.07, 6.45) is 1.25. The molecule has 6 heteroatoms. The molecule has 0 aliphatic rings. The molecule has 1 rings (SSSR count). The number of primary amides is 1. The second-order valence-corrected chi connectivity index (χ2v) is 2.74. The van der Waals surface area contributed by atoms with E-state index in [0.717, 1.165) is 0 Å². The summed E-state index contributed by atoms with van der Waals surface area (Å²) < 4.78 is 13.1. The highest BCUT2D eigenvalue weighted by atomic mass is 19.1. The van der Waals surface area contributed by atoms with Crippen LogP contribution in [-0.2, 0) is 6.61 Å². The Hall–Kier alpha value is -1.95. The smallest absolute Gasteiger partial charge is 0.332 e. The normalized spacial score (nSPS) is 10.5. The van der Waals surface area contributed by atoms with E-state index in [4.69, 9.17) is 10.8 Å². The minimum Gasteiger partial charge on any atom is -0.392 e. The molecule has 1 aromatic rings. The number of hydrogen-bond acceptors (Lipinski definition) is 3. The second kappa shape index (κ2) is 5.06. The summed E-state index contributed by atoms with van der Waals surface area (Å²) in [4.78, 5) is 10.2. The van der Waals surface area contributed by atoms with E-state index in [1.165, 1.54) is 18.3 Å². The van der Waals surface area contributed by atoms with Gasteiger partial charge in [-0.3, -0.25) is 0 Å². The monoisotopic (exact) mass is 211 g/mol. The van der Waals surface area contributed by atoms with Gasteiger partial charge in [-0.15, -0.1) is 0 Å². The van der Waals surface area contributed by atoms with Crippen molar-refractivity contribution >= 4 is 12.2 Å². The lowest BCUT2D eigenvalue weighted by Gasteiger charge is -1.99. The first-order chi connectivity index (χ1) is 7.13. The fraction of sp³-hybridized carbons (Fsp3) is 0.111. The SMILES string of the molecule is NC(=O)NN=Cc1ccc(CO)c(F)c1. The highest BCUT2D eigenvalue weighted by molar-refractivity contribution is 5.81. The van der Waals surface area contributed by atoms with Gasteiger partial charge in [0.1, 0.15) is 5.82 Å². The molecule has 0 aromatic heterocycles. The fourth-order valence-electron chi connectivity index (χ4n) is 0.943. The van der Waals surface area contributed by atoms with Crippen LogP contribution in [0.2, 0.25) is 0 Å². The summed E-state index contributed by atoms with van der Waals surface area (Å²) in [6.45, 7) is -0.358. The van der Waals surface area contributed by atoms with Crippen LogP contribution in [0, 0.1) is 5.82 Å². The molecule has 0 saturated heterocycles. The number of rotatable bonds is 3. The number of amides is 2. The third-order valence-electron chi connectivity index (χ3n) is 1.64. The predicted octanol–water partition coefficient (Wildman–Crippen LogP) is 0.320. The first-order valence-electron chi connectivity index (χ1n) is 4.11. The van der Waals surface area contributed by atoms with Gasteiger partial charge in [-0.2, -0.15) is 5.10 Å². The highest BCUT2D eigenvalue weighted by Gasteiger charge is 2.00. The zero-order valence-corrected chi connectivity index (χ0v) is 7.77. The van der Waals surface area contributed by atoms with Gasteiger partial charge in [0, 0.05) is 5.56 Å². The number of urea groups is 1. The topological polar surface area (TPSA) is 87.7 Å². The van der Waals surface area contributed by atoms with E-state index in [-0.39, 0.29) is 12.2 Å². The molecule has 80 valence electrons. The van der Waals surface area contributed by atoms with Crippen LogP contribution in [0.25, 0.3) is 0 Å². The van der Waals surface area contributed by atoms with Crippen molar-refractivity contribution in [3.63, 3.8) is 0 Å². The Kier molecular flexibility index (Phi) is 3.75. The van der Waals surface area contributed by atoms with E-state index in [9.17, 15) is 9.18 Å². The molecule has 2 amide bonds. The van der Waals surface area contributed by atoms with Gasteiger partial charge in [-0.25, -0.2) is 14.6 Å². The molecular weight excluding hydrogens is 201 g/mol. The Morgan fingerprint density at radius 2 is 2.40 bits per heavy atom. The van der Waals surface area contributed by atoms with E-state index >= 15 is 0 Å². The van der Waals surface area contributed by atoms with Gasteiger partial charge < -0.3 is 10.8 Å². The first kappa shape index (κ1) is 11.1. The molecule has 15 heavy (non-hydrogen) atoms. The van der Waals surface area contributed by atoms with Crippen LogP contribution in [0.15, 0.2) is 23.3 Å². The maximum atomic E-state index is 13.1. The van der Waals surface area contributed by atoms with Gasteiger partial charge in [-0.05, 0) is 11.6 Å². The maximum Gasteiger partial charge on any atom is 0.332 e. The van der Waals surface area contributed by atoms with Crippen molar-refractivity contribution in [2.24, 2.45) is 10.8 Å². The number of nitrogens with zero attached hydrogens (tertiary/aromatic N) is 1. The van der Waals surface area contributed by atoms with Crippen molar-refractivity contribution in [2.75, 3.05) is 0 Å². The van der Waals surface area contributed by atoms with Crippen molar-refractivity contribution < 1.29 is 14.3 Å². The lowest BCUT2D eigenvalue weighted by molar-refractivity contribution is 0.249. The summed E-state index contributed by atoms with van der Waals surface area (Å²) in [5.74, 6) is -0.527. The van der Waals surface area contributed by atoms with Crippen LogP contribution >= 0.6 is 0 Å². The van der Waals surface area contributed by atoms with Gasteiger partial charge in [0.2, 0.25) is 0 Å². The Labute approximate surface area is 85.4 Å². The number of benzene rings is 1. The molecule has 0 aliphatic carbocycles. The van der Waals surface area contributed by atoms with Gasteiger partial charge >= 0.3 is 6.03 Å². The Balaban J connectivity index is 2.75. The maximum absolute atomic E-state index is 13.1. The van der Waals surface area contributed by atoms with Crippen LogP contribution in [0.5, 0.6) is 0 Å². The van der Waals surface area contributed by atoms with Gasteiger partial charge in [0.15, 0.2) is 0 Å². The van der Waals surface area contributed by atoms with E-state index in [1.807, 2.05) is 5.43 Å². The molecule has 0 aliphatic heterocycles. The summed E-state index contributed by atoms with van der Waals surface area (Å²) in [5.41, 5.74) is 7.40. The van der Waals surface area contributed by atoms with Crippen LogP contribution < -0.4 is 11.2 Å². The summed E-state index contributed by atoms with van der Waals surface area (Å²) in [5, 5.41) is 12.2. The quantitative estimate of drug-likeness (QED) is 0.496. The minimum absolute atomic E-state index is 0.204. The molecule has 0 radical (unpaired) electrons. The van der Waals surface area contributed by atoms with Gasteiger partial charge in [0.25, 0.3) is 0 Å². The van der Waals surface area contributed by atoms with E-state index in [0.29, 0.717) is 5.56 Å². The number of nitrogens with one attached hydrogen (secondary N) is 1. The number of hydrazone groups is 1. The van der Waals surface area contributed by atoms with E-state index in [2.05, 4.69) is 5.10 Å². The molecule has 5 nitrogen and oxygen atoms in total. The van der Waals surface area contributed by atoms with Crippen molar-refractivity contribution in [2.45, 2.75) is 6.61 Å². The first-order valence-corrected chi connectivity index (χ1v) is 4.11. The minimum atomic E-state index is -0.793. The molecule has 0 fully saturated rings. The van der Waals surface area contributed by atoms with E-state index < -0.39 is 11.8 Å². The van der Waals surface area contributed by atoms with Crippen molar-refractivity contribution in [3.8, 4) is 0 Å². The molecule has 0 bridgehead atoms. The number of nitrogens with two attached hydrogens (primary N) is 1. The highest BCUT2D eigenvalue weighted by Crippen LogP contribution is 2.08. The fourth-order valence-corrected chi connectivity index (χ4v) is 0.943. The molecule has 4 N–H and O–H groups in total. The van der Waals surface area contributed by atoms with Crippen molar-refractivity contribution in [1.29, 1.82) is 0 Å². The van der Waals surface area contributed by atoms with Gasteiger partial charge in [-0.1, -0.05) is 12.1 Å². The number of carbonyl (C=O) groups is 1. The average Bonchev–Trinajstić information content (AvgIpc) is 2.17. The van der Waals surface area contributed by atoms with Crippen molar-refractivity contribution in [1.82, 2.24) is 5.43 Å². The third-order valence-corrected chi connectivity index (χ3v) is 1.64. The zero-order valence-electron chi connectivity index (χ0n) is 7.77. The van der Waals surface area contributed by atoms with Crippen LogP contribution in [-0.4, -0.2) is 17.4 Å². The third kappa shape index (κ3) is 3.35. The second-order valence-electron chi connectivity index (χ2n) is 2.74. The standard InChI is InChI=1S/C9H10FN3O2/c10-8-3-6(1-2-7(8)5-14)4-12-13-9(11)15/h1-4,14H,5H2,(H3,11,13,15). The van der Waals surface area contributed by atoms with E-state index in [1.54, 1.807) is 6.07 Å². The predicted molar refractivity (Wildman–Crippen MR) is 52.6 cm³/mol. The Morgan fingerprint density at radius 3 is 2.93 bits per heavy atom. The molecule has 0 spiro atoms. The Morgan fingerprint density at radius 1 is 1.67 bits per heavy atom. The molecular formula is C9H10FN3O2. The van der Waals surface area contributed by atoms with Crippen molar-refractivity contribution in [3.05, 3.63) is 35.1 Å². The lowest BCUT2D eigenvalue weighted by Crippen LogP contribution is -2.24. The Bertz CT molecular complexity index is 393. The summed E-state index contributed by atoms with van der Waals surface area (Å²) in [7, 11) is 0. The molecule has 0 atom stereocenters. The molecule has 0 unspecified atom stereocenters. The van der Waals surface area contributed by atoms with Gasteiger partial charge in [0.05, 0.1) is 12.8 Å². The molecule has 0 saturated carbocycles. The number of hydrogen-bond donors (Lipinski definition) is 3. The van der Waals surface area contributed by atoms with Crippen LogP contribution in [0.3, 0.4) is 0 Å². The largest absolute Gasteiger partial charge is 0.392 e. The number of aliphatic hydroxyl groups excluding tert-OH is 1. The summed E-state index contributed by atoms with van der Waals surface area (Å²) >= 11 is 0. The molecule has 1 aromatic carbocycles. The van der Waals surface area contributed by atoms with Crippen LogP contribution in [0.4, 0.5) is 9.18 Å². The molecule has 0 heterocycles. The number of aliphatic hydroxyl groups is 1. The number of carbonyl (C=O) groups excluding carboxylic acids is 1. The number of halogens is 1. The lowest BCUT2D eigenvalue weighted by atomic mass is 10.1. The summed E-state index contributed by atoms with van der Waals surface area (Å²) in [6, 6.07) is 3.39. The average molecular weight is 211 g/mol. The van der Waals surface area contributed by atoms with Crippen LogP contribution in [0.1, 0.15) is 11.1 Å². The zero-order chi connectivity index (χ0) is 11.3.